The normalized spacial score (nSPS) is 16.1. The number of thioether (sulfide) groups is 1. The summed E-state index contributed by atoms with van der Waals surface area (Å²) < 4.78 is 0. The molecule has 0 aliphatic rings. The van der Waals surface area contributed by atoms with Crippen LogP contribution in [0, 0.1) is 5.92 Å². The van der Waals surface area contributed by atoms with E-state index < -0.39 is 54.5 Å². The molecule has 5 atom stereocenters. The zero-order valence-corrected chi connectivity index (χ0v) is 18.6. The fourth-order valence-corrected chi connectivity index (χ4v) is 2.94. The number of carbonyl (C=O) groups excluding carboxylic acids is 3. The number of aliphatic carboxylic acids is 1. The van der Waals surface area contributed by atoms with Crippen molar-refractivity contribution in [2.24, 2.45) is 11.7 Å². The summed E-state index contributed by atoms with van der Waals surface area (Å²) in [5, 5.41) is 25.1. The van der Waals surface area contributed by atoms with Gasteiger partial charge in [0.1, 0.15) is 18.1 Å². The Kier molecular flexibility index (Phi) is 13.7. The minimum Gasteiger partial charge on any atom is -0.480 e. The molecule has 0 saturated heterocycles. The molecule has 0 rings (SSSR count). The second kappa shape index (κ2) is 14.5. The Balaban J connectivity index is 5.15. The molecular weight excluding hydrogens is 420 g/mol. The van der Waals surface area contributed by atoms with E-state index in [2.05, 4.69) is 28.6 Å². The van der Waals surface area contributed by atoms with Crippen molar-refractivity contribution in [1.82, 2.24) is 16.0 Å². The molecule has 10 nitrogen and oxygen atoms in total. The van der Waals surface area contributed by atoms with Crippen molar-refractivity contribution in [2.75, 3.05) is 24.4 Å². The van der Waals surface area contributed by atoms with E-state index in [1.54, 1.807) is 0 Å². The van der Waals surface area contributed by atoms with Crippen molar-refractivity contribution in [3.8, 4) is 0 Å². The monoisotopic (exact) mass is 452 g/mol. The number of carbonyl (C=O) groups is 4. The lowest BCUT2D eigenvalue weighted by atomic mass is 9.99. The molecule has 0 heterocycles. The molecule has 0 aromatic rings. The molecule has 0 radical (unpaired) electrons. The van der Waals surface area contributed by atoms with Gasteiger partial charge < -0.3 is 31.9 Å². The predicted octanol–water partition coefficient (Wildman–Crippen LogP) is -1.43. The van der Waals surface area contributed by atoms with Gasteiger partial charge in [0, 0.05) is 5.75 Å². The quantitative estimate of drug-likeness (QED) is 0.157. The van der Waals surface area contributed by atoms with Crippen LogP contribution in [0.5, 0.6) is 0 Å². The number of aliphatic hydroxyl groups is 1. The van der Waals surface area contributed by atoms with Crippen molar-refractivity contribution < 1.29 is 29.4 Å². The van der Waals surface area contributed by atoms with Crippen LogP contribution in [0.15, 0.2) is 0 Å². The zero-order chi connectivity index (χ0) is 22.6. The van der Waals surface area contributed by atoms with E-state index in [9.17, 15) is 19.2 Å². The number of carboxylic acids is 1. The molecule has 168 valence electrons. The van der Waals surface area contributed by atoms with Gasteiger partial charge in [-0.05, 0) is 24.3 Å². The molecule has 0 bridgehead atoms. The van der Waals surface area contributed by atoms with Crippen LogP contribution in [0.4, 0.5) is 0 Å². The molecule has 0 aromatic carbocycles. The molecule has 0 aliphatic heterocycles. The smallest absolute Gasteiger partial charge is 0.328 e. The highest BCUT2D eigenvalue weighted by Crippen LogP contribution is 2.07. The van der Waals surface area contributed by atoms with Gasteiger partial charge in [-0.3, -0.25) is 14.4 Å². The van der Waals surface area contributed by atoms with E-state index in [4.69, 9.17) is 15.9 Å². The number of nitrogens with one attached hydrogen (secondary N) is 3. The maximum Gasteiger partial charge on any atom is 0.328 e. The van der Waals surface area contributed by atoms with Crippen LogP contribution < -0.4 is 21.7 Å². The number of nitrogens with two attached hydrogens (primary N) is 1. The van der Waals surface area contributed by atoms with E-state index in [1.807, 2.05) is 20.1 Å². The summed E-state index contributed by atoms with van der Waals surface area (Å²) >= 11 is 5.51. The minimum absolute atomic E-state index is 0.0679. The highest BCUT2D eigenvalue weighted by Gasteiger charge is 2.30. The SMILES string of the molecule is CCC(C)C(N)C(=O)NC(CCSC)C(=O)NC(CS)C(=O)NC(CO)C(=O)O. The van der Waals surface area contributed by atoms with Crippen molar-refractivity contribution in [2.45, 2.75) is 50.9 Å². The lowest BCUT2D eigenvalue weighted by Gasteiger charge is -2.25. The van der Waals surface area contributed by atoms with Crippen LogP contribution in [0.25, 0.3) is 0 Å². The Bertz CT molecular complexity index is 566. The molecule has 29 heavy (non-hydrogen) atoms. The maximum atomic E-state index is 12.7. The Hall–Kier alpha value is -1.50. The summed E-state index contributed by atoms with van der Waals surface area (Å²) in [5.41, 5.74) is 5.92. The summed E-state index contributed by atoms with van der Waals surface area (Å²) in [6, 6.07) is -4.32. The summed E-state index contributed by atoms with van der Waals surface area (Å²) in [6.07, 6.45) is 2.88. The molecular formula is C17H32N4O6S2. The van der Waals surface area contributed by atoms with Gasteiger partial charge in [0.25, 0.3) is 0 Å². The number of hydrogen-bond acceptors (Lipinski definition) is 8. The molecule has 5 unspecified atom stereocenters. The van der Waals surface area contributed by atoms with Gasteiger partial charge in [-0.2, -0.15) is 24.4 Å². The first-order valence-electron chi connectivity index (χ1n) is 9.22. The number of carboxylic acid groups (broad SMARTS) is 1. The molecule has 0 aromatic heterocycles. The minimum atomic E-state index is -1.50. The third-order valence-corrected chi connectivity index (χ3v) is 5.43. The van der Waals surface area contributed by atoms with Gasteiger partial charge in [-0.25, -0.2) is 4.79 Å². The van der Waals surface area contributed by atoms with Crippen LogP contribution >= 0.6 is 24.4 Å². The summed E-state index contributed by atoms with van der Waals surface area (Å²) in [4.78, 5) is 48.2. The van der Waals surface area contributed by atoms with Gasteiger partial charge in [-0.1, -0.05) is 20.3 Å². The van der Waals surface area contributed by atoms with Gasteiger partial charge >= 0.3 is 5.97 Å². The first-order valence-corrected chi connectivity index (χ1v) is 11.3. The topological polar surface area (TPSA) is 171 Å². The van der Waals surface area contributed by atoms with Crippen molar-refractivity contribution in [3.05, 3.63) is 0 Å². The third kappa shape index (κ3) is 9.70. The van der Waals surface area contributed by atoms with E-state index in [0.29, 0.717) is 18.6 Å². The summed E-state index contributed by atoms with van der Waals surface area (Å²) in [5.74, 6) is -2.87. The molecule has 0 aliphatic carbocycles. The van der Waals surface area contributed by atoms with E-state index in [0.717, 1.165) is 0 Å². The van der Waals surface area contributed by atoms with Gasteiger partial charge in [0.05, 0.1) is 12.6 Å². The first-order chi connectivity index (χ1) is 13.6. The summed E-state index contributed by atoms with van der Waals surface area (Å²) in [7, 11) is 0. The summed E-state index contributed by atoms with van der Waals surface area (Å²) in [6.45, 7) is 2.94. The lowest BCUT2D eigenvalue weighted by molar-refractivity contribution is -0.143. The van der Waals surface area contributed by atoms with E-state index >= 15 is 0 Å². The average Bonchev–Trinajstić information content (AvgIpc) is 2.70. The van der Waals surface area contributed by atoms with Crippen LogP contribution in [0.1, 0.15) is 26.7 Å². The van der Waals surface area contributed by atoms with Crippen molar-refractivity contribution in [1.29, 1.82) is 0 Å². The van der Waals surface area contributed by atoms with Gasteiger partial charge in [0.2, 0.25) is 17.7 Å². The van der Waals surface area contributed by atoms with Gasteiger partial charge in [0.15, 0.2) is 0 Å². The second-order valence-corrected chi connectivity index (χ2v) is 7.93. The molecule has 3 amide bonds. The number of hydrogen-bond donors (Lipinski definition) is 7. The fourth-order valence-electron chi connectivity index (χ4n) is 2.21. The highest BCUT2D eigenvalue weighted by atomic mass is 32.2. The van der Waals surface area contributed by atoms with Crippen LogP contribution in [0.3, 0.4) is 0 Å². The second-order valence-electron chi connectivity index (χ2n) is 6.58. The molecule has 0 spiro atoms. The fraction of sp³-hybridized carbons (Fsp3) is 0.765. The highest BCUT2D eigenvalue weighted by molar-refractivity contribution is 7.98. The number of thiol groups is 1. The lowest BCUT2D eigenvalue weighted by Crippen LogP contribution is -2.58. The largest absolute Gasteiger partial charge is 0.480 e. The van der Waals surface area contributed by atoms with Crippen LogP contribution in [0.2, 0.25) is 0 Å². The van der Waals surface area contributed by atoms with Crippen molar-refractivity contribution >= 4 is 48.1 Å². The number of amides is 3. The number of rotatable bonds is 14. The molecule has 7 N–H and O–H groups in total. The average molecular weight is 453 g/mol. The van der Waals surface area contributed by atoms with Crippen LogP contribution in [-0.4, -0.2) is 82.4 Å². The predicted molar refractivity (Wildman–Crippen MR) is 115 cm³/mol. The molecule has 0 fully saturated rings. The van der Waals surface area contributed by atoms with Crippen LogP contribution in [-0.2, 0) is 19.2 Å². The third-order valence-electron chi connectivity index (χ3n) is 4.42. The first kappa shape index (κ1) is 27.5. The van der Waals surface area contributed by atoms with Crippen molar-refractivity contribution in [3.63, 3.8) is 0 Å². The van der Waals surface area contributed by atoms with E-state index in [-0.39, 0.29) is 11.7 Å². The standard InChI is InChI=1S/C17H32N4O6S2/c1-4-9(2)13(18)16(25)19-10(5-6-29-3)14(23)21-12(8-28)15(24)20-11(7-22)17(26)27/h9-13,22,28H,4-8,18H2,1-3H3,(H,19,25)(H,20,24)(H,21,23)(H,26,27). The molecule has 12 heteroatoms. The Morgan fingerprint density at radius 1 is 1.03 bits per heavy atom. The van der Waals surface area contributed by atoms with E-state index in [1.165, 1.54) is 11.8 Å². The Morgan fingerprint density at radius 3 is 2.00 bits per heavy atom. The molecule has 0 saturated carbocycles. The Labute approximate surface area is 180 Å². The maximum absolute atomic E-state index is 12.7. The Morgan fingerprint density at radius 2 is 1.55 bits per heavy atom. The zero-order valence-electron chi connectivity index (χ0n) is 16.9. The number of aliphatic hydroxyl groups excluding tert-OH is 1. The van der Waals surface area contributed by atoms with Gasteiger partial charge in [-0.15, -0.1) is 0 Å².